The summed E-state index contributed by atoms with van der Waals surface area (Å²) < 4.78 is 5.39. The summed E-state index contributed by atoms with van der Waals surface area (Å²) in [7, 11) is 0. The van der Waals surface area contributed by atoms with Gasteiger partial charge in [0.15, 0.2) is 12.4 Å². The highest BCUT2D eigenvalue weighted by Crippen LogP contribution is 2.14. The number of thioether (sulfide) groups is 1. The normalized spacial score (nSPS) is 10.3. The Morgan fingerprint density at radius 2 is 2.00 bits per heavy atom. The molecule has 0 unspecified atom stereocenters. The van der Waals surface area contributed by atoms with Crippen LogP contribution in [0.25, 0.3) is 0 Å². The van der Waals surface area contributed by atoms with Gasteiger partial charge in [0, 0.05) is 23.6 Å². The molecule has 0 aliphatic carbocycles. The molecule has 0 fully saturated rings. The monoisotopic (exact) mass is 349 g/mol. The van der Waals surface area contributed by atoms with Gasteiger partial charge in [0.05, 0.1) is 0 Å². The number of benzene rings is 1. The Morgan fingerprint density at radius 3 is 2.65 bits per heavy atom. The van der Waals surface area contributed by atoms with Crippen molar-refractivity contribution in [2.24, 2.45) is 0 Å². The van der Waals surface area contributed by atoms with E-state index in [0.717, 1.165) is 11.5 Å². The minimum absolute atomic E-state index is 0.00856. The zero-order valence-electron chi connectivity index (χ0n) is 12.9. The van der Waals surface area contributed by atoms with Gasteiger partial charge in [-0.2, -0.15) is 23.1 Å². The molecule has 2 aromatic rings. The van der Waals surface area contributed by atoms with Gasteiger partial charge in [-0.05, 0) is 53.6 Å². The molecule has 23 heavy (non-hydrogen) atoms. The first kappa shape index (κ1) is 17.6. The number of rotatable bonds is 9. The van der Waals surface area contributed by atoms with Gasteiger partial charge in [-0.3, -0.25) is 9.59 Å². The molecule has 2 rings (SSSR count). The number of hydrogen-bond donors (Lipinski definition) is 1. The lowest BCUT2D eigenvalue weighted by Crippen LogP contribution is -2.30. The Balaban J connectivity index is 1.58. The largest absolute Gasteiger partial charge is 0.484 e. The average Bonchev–Trinajstić information content (AvgIpc) is 3.06. The fourth-order valence-electron chi connectivity index (χ4n) is 1.81. The molecule has 0 spiro atoms. The Morgan fingerprint density at radius 1 is 1.22 bits per heavy atom. The predicted molar refractivity (Wildman–Crippen MR) is 95.4 cm³/mol. The van der Waals surface area contributed by atoms with E-state index in [0.29, 0.717) is 17.9 Å². The number of carbonyl (C=O) groups is 2. The van der Waals surface area contributed by atoms with Gasteiger partial charge >= 0.3 is 0 Å². The second kappa shape index (κ2) is 9.37. The molecule has 1 aromatic carbocycles. The second-order valence-corrected chi connectivity index (χ2v) is 6.79. The van der Waals surface area contributed by atoms with E-state index < -0.39 is 0 Å². The third-order valence-electron chi connectivity index (χ3n) is 3.05. The van der Waals surface area contributed by atoms with Crippen LogP contribution < -0.4 is 10.1 Å². The number of ether oxygens (including phenoxy) is 1. The van der Waals surface area contributed by atoms with Crippen LogP contribution in [0.2, 0.25) is 0 Å². The van der Waals surface area contributed by atoms with Crippen LogP contribution in [0.15, 0.2) is 41.1 Å². The maximum Gasteiger partial charge on any atom is 0.257 e. The zero-order valence-corrected chi connectivity index (χ0v) is 14.5. The first-order valence-electron chi connectivity index (χ1n) is 7.24. The van der Waals surface area contributed by atoms with Crippen LogP contribution >= 0.6 is 23.1 Å². The van der Waals surface area contributed by atoms with Gasteiger partial charge in [0.25, 0.3) is 5.91 Å². The number of thiophene rings is 1. The molecule has 1 heterocycles. The van der Waals surface area contributed by atoms with Crippen molar-refractivity contribution < 1.29 is 14.3 Å². The summed E-state index contributed by atoms with van der Waals surface area (Å²) in [4.78, 5) is 22.8. The van der Waals surface area contributed by atoms with E-state index in [-0.39, 0.29) is 18.3 Å². The van der Waals surface area contributed by atoms with Gasteiger partial charge < -0.3 is 10.1 Å². The molecule has 0 saturated carbocycles. The standard InChI is InChI=1S/C17H19NO3S2/c1-13(19)15-2-4-16(5-3-15)21-10-17(20)18-7-9-23-12-14-6-8-22-11-14/h2-6,8,11H,7,9-10,12H2,1H3,(H,18,20). The van der Waals surface area contributed by atoms with Gasteiger partial charge in [-0.15, -0.1) is 0 Å². The fraction of sp³-hybridized carbons (Fsp3) is 0.294. The van der Waals surface area contributed by atoms with Gasteiger partial charge in [-0.1, -0.05) is 0 Å². The Hall–Kier alpha value is -1.79. The third kappa shape index (κ3) is 6.46. The number of nitrogens with one attached hydrogen (secondary N) is 1. The van der Waals surface area contributed by atoms with Crippen molar-refractivity contribution in [3.05, 3.63) is 52.2 Å². The van der Waals surface area contributed by atoms with Crippen molar-refractivity contribution in [2.75, 3.05) is 18.9 Å². The van der Waals surface area contributed by atoms with E-state index in [1.807, 2.05) is 0 Å². The zero-order chi connectivity index (χ0) is 16.5. The molecule has 4 nitrogen and oxygen atoms in total. The Labute approximate surface area is 144 Å². The van der Waals surface area contributed by atoms with Crippen molar-refractivity contribution in [2.45, 2.75) is 12.7 Å². The molecule has 122 valence electrons. The smallest absolute Gasteiger partial charge is 0.257 e. The molecule has 0 aliphatic heterocycles. The first-order valence-corrected chi connectivity index (χ1v) is 9.34. The summed E-state index contributed by atoms with van der Waals surface area (Å²) in [5.74, 6) is 2.29. The minimum Gasteiger partial charge on any atom is -0.484 e. The van der Waals surface area contributed by atoms with E-state index >= 15 is 0 Å². The number of Topliss-reactive ketones (excluding diaryl/α,β-unsaturated/α-hetero) is 1. The summed E-state index contributed by atoms with van der Waals surface area (Å²) in [6.07, 6.45) is 0. The summed E-state index contributed by atoms with van der Waals surface area (Å²) in [5.41, 5.74) is 1.95. The first-order chi connectivity index (χ1) is 11.1. The lowest BCUT2D eigenvalue weighted by molar-refractivity contribution is -0.122. The maximum absolute atomic E-state index is 11.7. The molecule has 0 bridgehead atoms. The van der Waals surface area contributed by atoms with Crippen LogP contribution in [0, 0.1) is 0 Å². The number of ketones is 1. The average molecular weight is 349 g/mol. The number of amides is 1. The number of carbonyl (C=O) groups excluding carboxylic acids is 2. The number of hydrogen-bond acceptors (Lipinski definition) is 5. The maximum atomic E-state index is 11.7. The summed E-state index contributed by atoms with van der Waals surface area (Å²) in [6, 6.07) is 8.89. The van der Waals surface area contributed by atoms with Crippen molar-refractivity contribution in [1.29, 1.82) is 0 Å². The van der Waals surface area contributed by atoms with Crippen LogP contribution in [-0.4, -0.2) is 30.6 Å². The molecule has 0 aliphatic rings. The topological polar surface area (TPSA) is 55.4 Å². The molecular formula is C17H19NO3S2. The van der Waals surface area contributed by atoms with Gasteiger partial charge in [-0.25, -0.2) is 0 Å². The highest BCUT2D eigenvalue weighted by Gasteiger charge is 2.04. The van der Waals surface area contributed by atoms with Crippen LogP contribution in [0.1, 0.15) is 22.8 Å². The van der Waals surface area contributed by atoms with Crippen molar-refractivity contribution >= 4 is 34.8 Å². The van der Waals surface area contributed by atoms with Crippen LogP contribution in [0.5, 0.6) is 5.75 Å². The van der Waals surface area contributed by atoms with Gasteiger partial charge in [0.1, 0.15) is 5.75 Å². The van der Waals surface area contributed by atoms with Crippen molar-refractivity contribution in [1.82, 2.24) is 5.32 Å². The fourth-order valence-corrected chi connectivity index (χ4v) is 3.39. The highest BCUT2D eigenvalue weighted by atomic mass is 32.2. The lowest BCUT2D eigenvalue weighted by atomic mass is 10.1. The third-order valence-corrected chi connectivity index (χ3v) is 4.81. The van der Waals surface area contributed by atoms with E-state index in [1.54, 1.807) is 47.4 Å². The van der Waals surface area contributed by atoms with Crippen LogP contribution in [0.4, 0.5) is 0 Å². The lowest BCUT2D eigenvalue weighted by Gasteiger charge is -2.07. The van der Waals surface area contributed by atoms with Crippen LogP contribution in [0.3, 0.4) is 0 Å². The molecule has 1 N–H and O–H groups in total. The van der Waals surface area contributed by atoms with E-state index in [4.69, 9.17) is 4.74 Å². The second-order valence-electron chi connectivity index (χ2n) is 4.90. The van der Waals surface area contributed by atoms with Crippen molar-refractivity contribution in [3.8, 4) is 5.75 Å². The van der Waals surface area contributed by atoms with Crippen molar-refractivity contribution in [3.63, 3.8) is 0 Å². The SMILES string of the molecule is CC(=O)c1ccc(OCC(=O)NCCSCc2ccsc2)cc1. The van der Waals surface area contributed by atoms with Gasteiger partial charge in [0.2, 0.25) is 0 Å². The van der Waals surface area contributed by atoms with E-state index in [2.05, 4.69) is 22.1 Å². The van der Waals surface area contributed by atoms with Crippen LogP contribution in [-0.2, 0) is 10.5 Å². The molecule has 1 amide bonds. The Kier molecular flexibility index (Phi) is 7.16. The molecule has 6 heteroatoms. The molecule has 0 radical (unpaired) electrons. The Bertz CT molecular complexity index is 624. The van der Waals surface area contributed by atoms with E-state index in [9.17, 15) is 9.59 Å². The minimum atomic E-state index is -0.142. The summed E-state index contributed by atoms with van der Waals surface area (Å²) >= 11 is 3.49. The molecule has 0 saturated heterocycles. The quantitative estimate of drug-likeness (QED) is 0.557. The summed E-state index contributed by atoms with van der Waals surface area (Å²) in [5, 5.41) is 7.03. The van der Waals surface area contributed by atoms with E-state index in [1.165, 1.54) is 12.5 Å². The predicted octanol–water partition coefficient (Wildman–Crippen LogP) is 3.38. The molecular weight excluding hydrogens is 330 g/mol. The highest BCUT2D eigenvalue weighted by molar-refractivity contribution is 7.98. The summed E-state index contributed by atoms with van der Waals surface area (Å²) in [6.45, 7) is 2.12. The molecule has 1 aromatic heterocycles. The molecule has 0 atom stereocenters.